The van der Waals surface area contributed by atoms with Crippen molar-refractivity contribution in [1.29, 1.82) is 0 Å². The Morgan fingerprint density at radius 1 is 1.38 bits per heavy atom. The van der Waals surface area contributed by atoms with Crippen LogP contribution >= 0.6 is 24.8 Å². The smallest absolute Gasteiger partial charge is 0.269 e. The van der Waals surface area contributed by atoms with Crippen molar-refractivity contribution in [3.63, 3.8) is 0 Å². The van der Waals surface area contributed by atoms with Crippen molar-refractivity contribution in [1.82, 2.24) is 10.2 Å². The maximum Gasteiger partial charge on any atom is 0.269 e. The summed E-state index contributed by atoms with van der Waals surface area (Å²) in [4.78, 5) is 12.5. The molecule has 1 saturated heterocycles. The first-order valence-electron chi connectivity index (χ1n) is 6.49. The number of ether oxygens (including phenoxy) is 1. The van der Waals surface area contributed by atoms with Crippen molar-refractivity contribution in [3.05, 3.63) is 34.4 Å². The van der Waals surface area contributed by atoms with Crippen molar-refractivity contribution in [3.8, 4) is 5.75 Å². The molecule has 1 heterocycles. The summed E-state index contributed by atoms with van der Waals surface area (Å²) in [5, 5.41) is 13.9. The number of halogens is 2. The summed E-state index contributed by atoms with van der Waals surface area (Å²) in [5.41, 5.74) is 0.0862. The maximum atomic E-state index is 10.5. The van der Waals surface area contributed by atoms with Crippen LogP contribution in [0, 0.1) is 10.1 Å². The first-order chi connectivity index (χ1) is 9.16. The van der Waals surface area contributed by atoms with E-state index in [1.807, 2.05) is 0 Å². The second kappa shape index (κ2) is 9.78. The number of nitrogens with one attached hydrogen (secondary N) is 1. The number of nitro groups is 1. The third kappa shape index (κ3) is 6.05. The Hall–Kier alpha value is -1.08. The molecule has 120 valence electrons. The summed E-state index contributed by atoms with van der Waals surface area (Å²) in [6.07, 6.45) is 0. The largest absolute Gasteiger partial charge is 0.492 e. The average Bonchev–Trinajstić information content (AvgIpc) is 2.41. The minimum atomic E-state index is -0.411. The Kier molecular flexibility index (Phi) is 9.28. The van der Waals surface area contributed by atoms with Gasteiger partial charge in [0.1, 0.15) is 12.4 Å². The molecule has 21 heavy (non-hydrogen) atoms. The SMILES string of the molecule is C[C@@H]1CNCCN1CCOc1ccc([N+](=O)[O-])cc1.Cl.Cl. The monoisotopic (exact) mass is 337 g/mol. The minimum absolute atomic E-state index is 0. The number of hydrogen-bond donors (Lipinski definition) is 1. The van der Waals surface area contributed by atoms with Crippen LogP contribution in [0.2, 0.25) is 0 Å². The molecule has 8 heteroatoms. The molecule has 0 saturated carbocycles. The fraction of sp³-hybridized carbons (Fsp3) is 0.538. The number of benzene rings is 1. The van der Waals surface area contributed by atoms with Crippen LogP contribution in [0.1, 0.15) is 6.92 Å². The van der Waals surface area contributed by atoms with Gasteiger partial charge in [0.2, 0.25) is 0 Å². The fourth-order valence-corrected chi connectivity index (χ4v) is 2.16. The lowest BCUT2D eigenvalue weighted by atomic mass is 10.2. The Morgan fingerprint density at radius 3 is 2.62 bits per heavy atom. The molecule has 0 aliphatic carbocycles. The summed E-state index contributed by atoms with van der Waals surface area (Å²) in [7, 11) is 0. The van der Waals surface area contributed by atoms with Crippen LogP contribution in [0.4, 0.5) is 5.69 Å². The van der Waals surface area contributed by atoms with Crippen molar-refractivity contribution < 1.29 is 9.66 Å². The number of non-ortho nitro benzene ring substituents is 1. The van der Waals surface area contributed by atoms with Gasteiger partial charge in [-0.1, -0.05) is 0 Å². The molecular weight excluding hydrogens is 317 g/mol. The molecule has 0 aromatic heterocycles. The lowest BCUT2D eigenvalue weighted by molar-refractivity contribution is -0.384. The first-order valence-corrected chi connectivity index (χ1v) is 6.49. The van der Waals surface area contributed by atoms with E-state index >= 15 is 0 Å². The summed E-state index contributed by atoms with van der Waals surface area (Å²) in [6.45, 7) is 6.73. The molecule has 0 radical (unpaired) electrons. The molecule has 1 aliphatic rings. The molecule has 1 fully saturated rings. The molecule has 1 aromatic carbocycles. The van der Waals surface area contributed by atoms with Crippen LogP contribution in [-0.4, -0.2) is 48.7 Å². The van der Waals surface area contributed by atoms with E-state index in [9.17, 15) is 10.1 Å². The molecule has 0 amide bonds. The van der Waals surface area contributed by atoms with Gasteiger partial charge in [0.05, 0.1) is 4.92 Å². The molecule has 0 bridgehead atoms. The molecule has 0 spiro atoms. The van der Waals surface area contributed by atoms with Gasteiger partial charge in [-0.25, -0.2) is 0 Å². The highest BCUT2D eigenvalue weighted by atomic mass is 35.5. The molecule has 1 aromatic rings. The highest BCUT2D eigenvalue weighted by Crippen LogP contribution is 2.17. The summed E-state index contributed by atoms with van der Waals surface area (Å²) < 4.78 is 5.61. The van der Waals surface area contributed by atoms with Crippen molar-refractivity contribution in [2.45, 2.75) is 13.0 Å². The predicted molar refractivity (Wildman–Crippen MR) is 87.0 cm³/mol. The Balaban J connectivity index is 0.00000200. The second-order valence-electron chi connectivity index (χ2n) is 4.69. The number of nitrogens with zero attached hydrogens (tertiary/aromatic N) is 2. The molecule has 1 aliphatic heterocycles. The van der Waals surface area contributed by atoms with Crippen LogP contribution in [-0.2, 0) is 0 Å². The van der Waals surface area contributed by atoms with Gasteiger partial charge in [-0.2, -0.15) is 0 Å². The quantitative estimate of drug-likeness (QED) is 0.658. The minimum Gasteiger partial charge on any atom is -0.492 e. The molecule has 0 unspecified atom stereocenters. The van der Waals surface area contributed by atoms with E-state index in [4.69, 9.17) is 4.74 Å². The van der Waals surface area contributed by atoms with E-state index in [2.05, 4.69) is 17.1 Å². The normalized spacial score (nSPS) is 18.2. The van der Waals surface area contributed by atoms with Gasteiger partial charge >= 0.3 is 0 Å². The standard InChI is InChI=1S/C13H19N3O3.2ClH/c1-11-10-14-6-7-15(11)8-9-19-13-4-2-12(3-5-13)16(17)18;;/h2-5,11,14H,6-10H2,1H3;2*1H/t11-;;/m1../s1. The highest BCUT2D eigenvalue weighted by molar-refractivity contribution is 5.85. The number of rotatable bonds is 5. The lowest BCUT2D eigenvalue weighted by Gasteiger charge is -2.33. The molecule has 6 nitrogen and oxygen atoms in total. The number of hydrogen-bond acceptors (Lipinski definition) is 5. The van der Waals surface area contributed by atoms with E-state index in [-0.39, 0.29) is 30.5 Å². The summed E-state index contributed by atoms with van der Waals surface area (Å²) in [6, 6.07) is 6.72. The van der Waals surface area contributed by atoms with E-state index < -0.39 is 4.92 Å². The maximum absolute atomic E-state index is 10.5. The van der Waals surface area contributed by atoms with E-state index in [1.165, 1.54) is 12.1 Å². The van der Waals surface area contributed by atoms with Gasteiger partial charge in [-0.15, -0.1) is 24.8 Å². The summed E-state index contributed by atoms with van der Waals surface area (Å²) in [5.74, 6) is 0.674. The van der Waals surface area contributed by atoms with E-state index in [0.717, 1.165) is 26.2 Å². The predicted octanol–water partition coefficient (Wildman–Crippen LogP) is 2.11. The highest BCUT2D eigenvalue weighted by Gasteiger charge is 2.17. The molecule has 1 atom stereocenters. The zero-order valence-corrected chi connectivity index (χ0v) is 13.5. The van der Waals surface area contributed by atoms with E-state index in [0.29, 0.717) is 18.4 Å². The third-order valence-corrected chi connectivity index (χ3v) is 3.33. The third-order valence-electron chi connectivity index (χ3n) is 3.33. The van der Waals surface area contributed by atoms with Gasteiger partial charge in [-0.05, 0) is 19.1 Å². The van der Waals surface area contributed by atoms with Crippen LogP contribution in [0.15, 0.2) is 24.3 Å². The molecule has 2 rings (SSSR count). The second-order valence-corrected chi connectivity index (χ2v) is 4.69. The topological polar surface area (TPSA) is 67.6 Å². The van der Waals surface area contributed by atoms with Crippen LogP contribution in [0.3, 0.4) is 0 Å². The molecular formula is C13H21Cl2N3O3. The Bertz CT molecular complexity index is 431. The lowest BCUT2D eigenvalue weighted by Crippen LogP contribution is -2.50. The van der Waals surface area contributed by atoms with Gasteiger partial charge in [0.25, 0.3) is 5.69 Å². The Morgan fingerprint density at radius 2 is 2.05 bits per heavy atom. The first kappa shape index (κ1) is 19.9. The van der Waals surface area contributed by atoms with Gasteiger partial charge < -0.3 is 10.1 Å². The van der Waals surface area contributed by atoms with Gasteiger partial charge in [-0.3, -0.25) is 15.0 Å². The van der Waals surface area contributed by atoms with Gasteiger partial charge in [0, 0.05) is 44.4 Å². The van der Waals surface area contributed by atoms with Crippen molar-refractivity contribution in [2.75, 3.05) is 32.8 Å². The zero-order valence-electron chi connectivity index (χ0n) is 11.9. The average molecular weight is 338 g/mol. The van der Waals surface area contributed by atoms with Crippen LogP contribution in [0.25, 0.3) is 0 Å². The fourth-order valence-electron chi connectivity index (χ4n) is 2.16. The Labute approximate surface area is 136 Å². The van der Waals surface area contributed by atoms with E-state index in [1.54, 1.807) is 12.1 Å². The van der Waals surface area contributed by atoms with Gasteiger partial charge in [0.15, 0.2) is 0 Å². The number of nitro benzene ring substituents is 1. The summed E-state index contributed by atoms with van der Waals surface area (Å²) >= 11 is 0. The van der Waals surface area contributed by atoms with Crippen molar-refractivity contribution >= 4 is 30.5 Å². The number of piperazine rings is 1. The van der Waals surface area contributed by atoms with Crippen LogP contribution in [0.5, 0.6) is 5.75 Å². The van der Waals surface area contributed by atoms with Crippen molar-refractivity contribution in [2.24, 2.45) is 0 Å². The molecule has 1 N–H and O–H groups in total. The zero-order chi connectivity index (χ0) is 13.7. The van der Waals surface area contributed by atoms with Crippen LogP contribution < -0.4 is 10.1 Å².